The van der Waals surface area contributed by atoms with Crippen LogP contribution in [0.4, 0.5) is 10.1 Å². The molecule has 0 aliphatic heterocycles. The summed E-state index contributed by atoms with van der Waals surface area (Å²) in [6.07, 6.45) is 0. The highest BCUT2D eigenvalue weighted by Crippen LogP contribution is 2.17. The van der Waals surface area contributed by atoms with E-state index in [1.54, 1.807) is 4.90 Å². The Hall–Kier alpha value is -1.57. The molecule has 6 nitrogen and oxygen atoms in total. The fourth-order valence-electron chi connectivity index (χ4n) is 1.57. The van der Waals surface area contributed by atoms with Crippen molar-refractivity contribution in [1.82, 2.24) is 4.90 Å². The van der Waals surface area contributed by atoms with Crippen molar-refractivity contribution in [2.24, 2.45) is 0 Å². The summed E-state index contributed by atoms with van der Waals surface area (Å²) in [5.41, 5.74) is -0.00498. The molecule has 0 atom stereocenters. The smallest absolute Gasteiger partial charge is 0.272 e. The first kappa shape index (κ1) is 14.5. The molecular formula is C11H15FN2O4. The van der Waals surface area contributed by atoms with Crippen LogP contribution < -0.4 is 0 Å². The molecule has 0 fully saturated rings. The summed E-state index contributed by atoms with van der Waals surface area (Å²) in [6, 6.07) is 3.44. The lowest BCUT2D eigenvalue weighted by atomic mass is 10.2. The predicted octanol–water partition coefficient (Wildman–Crippen LogP) is 0.520. The summed E-state index contributed by atoms with van der Waals surface area (Å²) in [4.78, 5) is 11.5. The first-order chi connectivity index (χ1) is 8.58. The molecule has 2 N–H and O–H groups in total. The Morgan fingerprint density at radius 1 is 1.28 bits per heavy atom. The second kappa shape index (κ2) is 7.00. The quantitative estimate of drug-likeness (QED) is 0.550. The van der Waals surface area contributed by atoms with Gasteiger partial charge in [-0.15, -0.1) is 0 Å². The topological polar surface area (TPSA) is 86.8 Å². The van der Waals surface area contributed by atoms with E-state index in [0.29, 0.717) is 18.7 Å². The number of halogens is 1. The summed E-state index contributed by atoms with van der Waals surface area (Å²) in [5.74, 6) is -0.662. The molecule has 18 heavy (non-hydrogen) atoms. The van der Waals surface area contributed by atoms with E-state index in [-0.39, 0.29) is 25.4 Å². The van der Waals surface area contributed by atoms with Crippen molar-refractivity contribution in [3.05, 3.63) is 39.7 Å². The molecule has 1 rings (SSSR count). The SMILES string of the molecule is O=[N+]([O-])c1ccc(CN(CCO)CCO)c(F)c1. The van der Waals surface area contributed by atoms with Crippen molar-refractivity contribution >= 4 is 5.69 Å². The molecule has 0 aromatic heterocycles. The number of rotatable bonds is 7. The maximum atomic E-state index is 13.6. The number of nitrogens with zero attached hydrogens (tertiary/aromatic N) is 2. The Kier molecular flexibility index (Phi) is 5.63. The third kappa shape index (κ3) is 4.02. The van der Waals surface area contributed by atoms with Crippen molar-refractivity contribution in [2.45, 2.75) is 6.54 Å². The monoisotopic (exact) mass is 258 g/mol. The average Bonchev–Trinajstić information content (AvgIpc) is 2.32. The van der Waals surface area contributed by atoms with Crippen LogP contribution in [-0.2, 0) is 6.54 Å². The minimum absolute atomic E-state index is 0.103. The van der Waals surface area contributed by atoms with E-state index in [9.17, 15) is 14.5 Å². The lowest BCUT2D eigenvalue weighted by Crippen LogP contribution is -2.29. The van der Waals surface area contributed by atoms with Crippen LogP contribution in [0.1, 0.15) is 5.56 Å². The zero-order valence-corrected chi connectivity index (χ0v) is 9.75. The van der Waals surface area contributed by atoms with Crippen LogP contribution in [-0.4, -0.2) is 46.3 Å². The number of nitro groups is 1. The van der Waals surface area contributed by atoms with Gasteiger partial charge in [0.15, 0.2) is 0 Å². The maximum Gasteiger partial charge on any atom is 0.272 e. The number of aliphatic hydroxyl groups is 2. The van der Waals surface area contributed by atoms with E-state index >= 15 is 0 Å². The van der Waals surface area contributed by atoms with Crippen LogP contribution in [0.2, 0.25) is 0 Å². The van der Waals surface area contributed by atoms with Crippen LogP contribution >= 0.6 is 0 Å². The van der Waals surface area contributed by atoms with Gasteiger partial charge in [-0.2, -0.15) is 0 Å². The van der Waals surface area contributed by atoms with Gasteiger partial charge in [-0.05, 0) is 6.07 Å². The van der Waals surface area contributed by atoms with E-state index in [0.717, 1.165) is 6.07 Å². The Labute approximate surface area is 103 Å². The minimum atomic E-state index is -0.662. The van der Waals surface area contributed by atoms with E-state index in [4.69, 9.17) is 10.2 Å². The fourth-order valence-corrected chi connectivity index (χ4v) is 1.57. The molecule has 0 amide bonds. The standard InChI is InChI=1S/C11H15FN2O4/c12-11-7-10(14(17)18)2-1-9(11)8-13(3-5-15)4-6-16/h1-2,7,15-16H,3-6,8H2. The van der Waals surface area contributed by atoms with Crippen LogP contribution in [0.5, 0.6) is 0 Å². The molecular weight excluding hydrogens is 243 g/mol. The van der Waals surface area contributed by atoms with E-state index in [1.165, 1.54) is 12.1 Å². The van der Waals surface area contributed by atoms with Gasteiger partial charge in [0.1, 0.15) is 5.82 Å². The molecule has 0 saturated carbocycles. The lowest BCUT2D eigenvalue weighted by molar-refractivity contribution is -0.385. The van der Waals surface area contributed by atoms with Gasteiger partial charge in [-0.1, -0.05) is 0 Å². The first-order valence-corrected chi connectivity index (χ1v) is 5.45. The number of hydrogen-bond acceptors (Lipinski definition) is 5. The molecule has 7 heteroatoms. The zero-order valence-electron chi connectivity index (χ0n) is 9.75. The van der Waals surface area contributed by atoms with E-state index < -0.39 is 10.7 Å². The average molecular weight is 258 g/mol. The number of aliphatic hydroxyl groups excluding tert-OH is 2. The number of nitro benzene ring substituents is 1. The van der Waals surface area contributed by atoms with Crippen molar-refractivity contribution < 1.29 is 19.5 Å². The van der Waals surface area contributed by atoms with Crippen LogP contribution in [0.25, 0.3) is 0 Å². The first-order valence-electron chi connectivity index (χ1n) is 5.45. The Bertz CT molecular complexity index is 408. The lowest BCUT2D eigenvalue weighted by Gasteiger charge is -2.20. The normalized spacial score (nSPS) is 10.9. The summed E-state index contributed by atoms with van der Waals surface area (Å²) in [5, 5.41) is 28.1. The summed E-state index contributed by atoms with van der Waals surface area (Å²) in [7, 11) is 0. The highest BCUT2D eigenvalue weighted by molar-refractivity contribution is 5.34. The predicted molar refractivity (Wildman–Crippen MR) is 62.5 cm³/mol. The maximum absolute atomic E-state index is 13.6. The van der Waals surface area contributed by atoms with Gasteiger partial charge in [0.25, 0.3) is 5.69 Å². The van der Waals surface area contributed by atoms with Gasteiger partial charge in [-0.25, -0.2) is 4.39 Å². The summed E-state index contributed by atoms with van der Waals surface area (Å²) >= 11 is 0. The van der Waals surface area contributed by atoms with Gasteiger partial charge in [-0.3, -0.25) is 15.0 Å². The third-order valence-corrected chi connectivity index (χ3v) is 2.47. The van der Waals surface area contributed by atoms with Gasteiger partial charge < -0.3 is 10.2 Å². The van der Waals surface area contributed by atoms with Crippen LogP contribution in [0, 0.1) is 15.9 Å². The van der Waals surface area contributed by atoms with Gasteiger partial charge >= 0.3 is 0 Å². The molecule has 0 unspecified atom stereocenters. The van der Waals surface area contributed by atoms with Gasteiger partial charge in [0.2, 0.25) is 0 Å². The minimum Gasteiger partial charge on any atom is -0.395 e. The van der Waals surface area contributed by atoms with Crippen molar-refractivity contribution in [3.8, 4) is 0 Å². The van der Waals surface area contributed by atoms with Crippen LogP contribution in [0.3, 0.4) is 0 Å². The Morgan fingerprint density at radius 3 is 2.33 bits per heavy atom. The van der Waals surface area contributed by atoms with Gasteiger partial charge in [0, 0.05) is 31.3 Å². The molecule has 1 aromatic carbocycles. The van der Waals surface area contributed by atoms with Crippen LogP contribution in [0.15, 0.2) is 18.2 Å². The summed E-state index contributed by atoms with van der Waals surface area (Å²) < 4.78 is 13.6. The molecule has 0 spiro atoms. The highest BCUT2D eigenvalue weighted by Gasteiger charge is 2.13. The number of hydrogen-bond donors (Lipinski definition) is 2. The molecule has 0 radical (unpaired) electrons. The Balaban J connectivity index is 2.79. The molecule has 0 saturated heterocycles. The Morgan fingerprint density at radius 2 is 1.89 bits per heavy atom. The fraction of sp³-hybridized carbons (Fsp3) is 0.455. The molecule has 100 valence electrons. The molecule has 0 aliphatic carbocycles. The third-order valence-electron chi connectivity index (χ3n) is 2.47. The number of benzene rings is 1. The molecule has 0 bridgehead atoms. The molecule has 0 heterocycles. The molecule has 0 aliphatic rings. The van der Waals surface area contributed by atoms with Crippen molar-refractivity contribution in [2.75, 3.05) is 26.3 Å². The zero-order chi connectivity index (χ0) is 13.5. The van der Waals surface area contributed by atoms with Crippen molar-refractivity contribution in [3.63, 3.8) is 0 Å². The summed E-state index contributed by atoms with van der Waals surface area (Å²) in [6.45, 7) is 0.585. The highest BCUT2D eigenvalue weighted by atomic mass is 19.1. The largest absolute Gasteiger partial charge is 0.395 e. The van der Waals surface area contributed by atoms with E-state index in [2.05, 4.69) is 0 Å². The number of non-ortho nitro benzene ring substituents is 1. The second-order valence-corrected chi connectivity index (χ2v) is 3.76. The van der Waals surface area contributed by atoms with Crippen molar-refractivity contribution in [1.29, 1.82) is 0 Å². The second-order valence-electron chi connectivity index (χ2n) is 3.76. The van der Waals surface area contributed by atoms with E-state index in [1.807, 2.05) is 0 Å². The molecule has 1 aromatic rings. The van der Waals surface area contributed by atoms with Gasteiger partial charge in [0.05, 0.1) is 24.2 Å².